The molecule has 6 heteroatoms. The number of amides is 2. The summed E-state index contributed by atoms with van der Waals surface area (Å²) in [6.07, 6.45) is 1.35. The SMILES string of the molecule is Nc1ccccc1N1C(=O)[C@@H]2C[C@H](Br)[C@@H](Br)C[C@H]2C1=O. The number of nitrogen functional groups attached to an aromatic ring is 1. The van der Waals surface area contributed by atoms with Gasteiger partial charge >= 0.3 is 0 Å². The number of carbonyl (C=O) groups is 2. The average molecular weight is 402 g/mol. The molecule has 2 aliphatic rings. The predicted octanol–water partition coefficient (Wildman–Crippen LogP) is 2.70. The lowest BCUT2D eigenvalue weighted by Gasteiger charge is -2.29. The fourth-order valence-corrected chi connectivity index (χ4v) is 4.26. The molecule has 2 fully saturated rings. The molecule has 4 nitrogen and oxygen atoms in total. The molecule has 0 bridgehead atoms. The Labute approximate surface area is 133 Å². The van der Waals surface area contributed by atoms with Crippen molar-refractivity contribution in [1.82, 2.24) is 0 Å². The Hall–Kier alpha value is -0.880. The van der Waals surface area contributed by atoms with Gasteiger partial charge in [-0.2, -0.15) is 0 Å². The van der Waals surface area contributed by atoms with Gasteiger partial charge in [-0.25, -0.2) is 4.90 Å². The summed E-state index contributed by atoms with van der Waals surface area (Å²) in [4.78, 5) is 26.8. The van der Waals surface area contributed by atoms with Gasteiger partial charge in [0.15, 0.2) is 0 Å². The number of nitrogens with two attached hydrogens (primary N) is 1. The van der Waals surface area contributed by atoms with Gasteiger partial charge < -0.3 is 5.73 Å². The van der Waals surface area contributed by atoms with Crippen LogP contribution in [0.4, 0.5) is 11.4 Å². The van der Waals surface area contributed by atoms with Gasteiger partial charge in [-0.05, 0) is 25.0 Å². The maximum atomic E-state index is 12.6. The van der Waals surface area contributed by atoms with Crippen LogP contribution in [0.1, 0.15) is 12.8 Å². The Kier molecular flexibility index (Phi) is 3.62. The van der Waals surface area contributed by atoms with Gasteiger partial charge in [-0.15, -0.1) is 0 Å². The number of hydrogen-bond donors (Lipinski definition) is 1. The standard InChI is InChI=1S/C14H14Br2N2O2/c15-9-5-7-8(6-10(9)16)14(20)18(13(7)19)12-4-2-1-3-11(12)17/h1-4,7-10H,5-6,17H2/t7-,8-,9+,10+/m1/s1. The molecule has 3 rings (SSSR count). The zero-order valence-electron chi connectivity index (χ0n) is 10.6. The number of imide groups is 1. The number of fused-ring (bicyclic) bond motifs is 1. The van der Waals surface area contributed by atoms with Gasteiger partial charge in [0.2, 0.25) is 11.8 Å². The second-order valence-electron chi connectivity index (χ2n) is 5.29. The molecule has 20 heavy (non-hydrogen) atoms. The summed E-state index contributed by atoms with van der Waals surface area (Å²) in [6.45, 7) is 0. The second kappa shape index (κ2) is 5.15. The Balaban J connectivity index is 1.97. The van der Waals surface area contributed by atoms with E-state index in [2.05, 4.69) is 31.9 Å². The van der Waals surface area contributed by atoms with Crippen molar-refractivity contribution in [1.29, 1.82) is 0 Å². The molecule has 1 aliphatic heterocycles. The van der Waals surface area contributed by atoms with Gasteiger partial charge in [-0.1, -0.05) is 44.0 Å². The number of halogens is 2. The first-order valence-corrected chi connectivity index (χ1v) is 8.34. The normalized spacial score (nSPS) is 33.4. The van der Waals surface area contributed by atoms with Gasteiger partial charge in [0.1, 0.15) is 0 Å². The molecule has 1 saturated carbocycles. The van der Waals surface area contributed by atoms with Crippen molar-refractivity contribution in [3.05, 3.63) is 24.3 Å². The molecule has 106 valence electrons. The highest BCUT2D eigenvalue weighted by atomic mass is 79.9. The average Bonchev–Trinajstić information content (AvgIpc) is 2.64. The second-order valence-corrected chi connectivity index (χ2v) is 7.64. The van der Waals surface area contributed by atoms with Crippen LogP contribution < -0.4 is 10.6 Å². The number of rotatable bonds is 1. The van der Waals surface area contributed by atoms with E-state index in [9.17, 15) is 9.59 Å². The quantitative estimate of drug-likeness (QED) is 0.447. The van der Waals surface area contributed by atoms with E-state index in [1.54, 1.807) is 24.3 Å². The van der Waals surface area contributed by atoms with E-state index >= 15 is 0 Å². The third kappa shape index (κ3) is 2.09. The van der Waals surface area contributed by atoms with Crippen LogP contribution in [0.2, 0.25) is 0 Å². The van der Waals surface area contributed by atoms with Crippen molar-refractivity contribution >= 4 is 55.0 Å². The molecular weight excluding hydrogens is 388 g/mol. The molecular formula is C14H14Br2N2O2. The summed E-state index contributed by atoms with van der Waals surface area (Å²) in [5.74, 6) is -0.718. The lowest BCUT2D eigenvalue weighted by molar-refractivity contribution is -0.122. The number of nitrogens with zero attached hydrogens (tertiary/aromatic N) is 1. The number of para-hydroxylation sites is 2. The molecule has 2 amide bonds. The van der Waals surface area contributed by atoms with Crippen molar-refractivity contribution in [2.45, 2.75) is 22.5 Å². The van der Waals surface area contributed by atoms with E-state index in [0.29, 0.717) is 24.2 Å². The Morgan fingerprint density at radius 1 is 1.00 bits per heavy atom. The zero-order valence-corrected chi connectivity index (χ0v) is 13.8. The van der Waals surface area contributed by atoms with Gasteiger partial charge in [-0.3, -0.25) is 9.59 Å². The van der Waals surface area contributed by atoms with E-state index in [0.717, 1.165) is 0 Å². The Morgan fingerprint density at radius 3 is 2.00 bits per heavy atom. The molecule has 0 unspecified atom stereocenters. The van der Waals surface area contributed by atoms with Crippen LogP contribution >= 0.6 is 31.9 Å². The smallest absolute Gasteiger partial charge is 0.237 e. The molecule has 2 N–H and O–H groups in total. The number of carbonyl (C=O) groups excluding carboxylic acids is 2. The lowest BCUT2D eigenvalue weighted by Crippen LogP contribution is -2.34. The van der Waals surface area contributed by atoms with Gasteiger partial charge in [0, 0.05) is 9.65 Å². The first-order valence-electron chi connectivity index (χ1n) is 6.51. The zero-order chi connectivity index (χ0) is 14.4. The highest BCUT2D eigenvalue weighted by Crippen LogP contribution is 2.45. The van der Waals surface area contributed by atoms with Crippen LogP contribution in [0.15, 0.2) is 24.3 Å². The Morgan fingerprint density at radius 2 is 1.50 bits per heavy atom. The molecule has 1 aromatic carbocycles. The summed E-state index contributed by atoms with van der Waals surface area (Å²) < 4.78 is 0. The third-order valence-corrected chi connectivity index (χ3v) is 6.82. The minimum atomic E-state index is -0.236. The first kappa shape index (κ1) is 14.1. The number of benzene rings is 1. The number of alkyl halides is 2. The lowest BCUT2D eigenvalue weighted by atomic mass is 9.81. The maximum Gasteiger partial charge on any atom is 0.237 e. The van der Waals surface area contributed by atoms with Crippen LogP contribution in [-0.2, 0) is 9.59 Å². The molecule has 0 radical (unpaired) electrons. The number of anilines is 2. The molecule has 0 spiro atoms. The highest BCUT2D eigenvalue weighted by Gasteiger charge is 2.52. The van der Waals surface area contributed by atoms with E-state index in [-0.39, 0.29) is 33.3 Å². The van der Waals surface area contributed by atoms with Crippen LogP contribution in [0, 0.1) is 11.8 Å². The minimum Gasteiger partial charge on any atom is -0.397 e. The summed E-state index contributed by atoms with van der Waals surface area (Å²) in [7, 11) is 0. The summed E-state index contributed by atoms with van der Waals surface area (Å²) in [6, 6.07) is 7.01. The van der Waals surface area contributed by atoms with E-state index in [4.69, 9.17) is 5.73 Å². The third-order valence-electron chi connectivity index (χ3n) is 4.09. The van der Waals surface area contributed by atoms with Gasteiger partial charge in [0.05, 0.1) is 23.2 Å². The predicted molar refractivity (Wildman–Crippen MR) is 85.0 cm³/mol. The van der Waals surface area contributed by atoms with Crippen LogP contribution in [0.5, 0.6) is 0 Å². The summed E-state index contributed by atoms with van der Waals surface area (Å²) in [5.41, 5.74) is 6.87. The van der Waals surface area contributed by atoms with Gasteiger partial charge in [0.25, 0.3) is 0 Å². The van der Waals surface area contributed by atoms with E-state index < -0.39 is 0 Å². The summed E-state index contributed by atoms with van der Waals surface area (Å²) >= 11 is 7.15. The highest BCUT2D eigenvalue weighted by molar-refractivity contribution is 9.12. The molecule has 1 saturated heterocycles. The van der Waals surface area contributed by atoms with Crippen molar-refractivity contribution < 1.29 is 9.59 Å². The van der Waals surface area contributed by atoms with Crippen LogP contribution in [-0.4, -0.2) is 21.5 Å². The summed E-state index contributed by atoms with van der Waals surface area (Å²) in [5, 5.41) is 0. The minimum absolute atomic E-state index is 0.123. The maximum absolute atomic E-state index is 12.6. The molecule has 1 aliphatic carbocycles. The van der Waals surface area contributed by atoms with E-state index in [1.165, 1.54) is 4.90 Å². The van der Waals surface area contributed by atoms with E-state index in [1.807, 2.05) is 0 Å². The van der Waals surface area contributed by atoms with Crippen molar-refractivity contribution in [2.24, 2.45) is 11.8 Å². The van der Waals surface area contributed by atoms with Crippen LogP contribution in [0.3, 0.4) is 0 Å². The topological polar surface area (TPSA) is 63.4 Å². The molecule has 1 aromatic rings. The largest absolute Gasteiger partial charge is 0.397 e. The Bertz CT molecular complexity index is 550. The molecule has 4 atom stereocenters. The monoisotopic (exact) mass is 400 g/mol. The van der Waals surface area contributed by atoms with Crippen LogP contribution in [0.25, 0.3) is 0 Å². The van der Waals surface area contributed by atoms with Crippen molar-refractivity contribution in [2.75, 3.05) is 10.6 Å². The molecule has 0 aromatic heterocycles. The number of hydrogen-bond acceptors (Lipinski definition) is 3. The fraction of sp³-hybridized carbons (Fsp3) is 0.429. The van der Waals surface area contributed by atoms with Crippen molar-refractivity contribution in [3.63, 3.8) is 0 Å². The molecule has 1 heterocycles. The fourth-order valence-electron chi connectivity index (χ4n) is 3.02. The van der Waals surface area contributed by atoms with Crippen molar-refractivity contribution in [3.8, 4) is 0 Å². The first-order chi connectivity index (χ1) is 9.50.